The first kappa shape index (κ1) is 23.1. The van der Waals surface area contributed by atoms with E-state index in [1.54, 1.807) is 6.07 Å². The van der Waals surface area contributed by atoms with Crippen LogP contribution in [0.15, 0.2) is 30.3 Å². The number of carbonyl (C=O) groups excluding carboxylic acids is 2. The molecule has 0 aliphatic carbocycles. The first-order chi connectivity index (χ1) is 12.6. The minimum absolute atomic E-state index is 0.185. The molecule has 1 aromatic rings. The van der Waals surface area contributed by atoms with Crippen molar-refractivity contribution in [1.82, 2.24) is 5.32 Å². The molecule has 1 rings (SSSR count). The number of hydrogen-bond acceptors (Lipinski definition) is 6. The molecular weight excluding hydrogens is 390 g/mol. The van der Waals surface area contributed by atoms with Crippen LogP contribution in [0.4, 0.5) is 13.2 Å². The highest BCUT2D eigenvalue weighted by Gasteiger charge is 2.75. The molecule has 0 aliphatic rings. The number of benzene rings is 1. The van der Waals surface area contributed by atoms with Crippen LogP contribution >= 0.6 is 7.60 Å². The van der Waals surface area contributed by atoms with Crippen molar-refractivity contribution in [2.75, 3.05) is 19.8 Å². The standard InChI is InChI=1S/C16H21F3NO6P/c1-4-24-14(22)15(16(17,18)19,27(23,25-5-2)26-6-3)20-13(21)12-10-8-7-9-11-12/h7-11H,4-6H2,1-3H3,(H,20,21)/t15-/m1/s1. The molecule has 0 bridgehead atoms. The fraction of sp³-hybridized carbons (Fsp3) is 0.500. The molecule has 7 nitrogen and oxygen atoms in total. The van der Waals surface area contributed by atoms with E-state index in [0.29, 0.717) is 0 Å². The number of esters is 1. The molecule has 1 aromatic carbocycles. The van der Waals surface area contributed by atoms with Gasteiger partial charge >= 0.3 is 25.0 Å². The molecule has 1 atom stereocenters. The minimum atomic E-state index is -5.54. The van der Waals surface area contributed by atoms with Gasteiger partial charge in [-0.2, -0.15) is 13.2 Å². The monoisotopic (exact) mass is 411 g/mol. The summed E-state index contributed by atoms with van der Waals surface area (Å²) >= 11 is 0. The Hall–Kier alpha value is -1.90. The maximum atomic E-state index is 14.1. The molecule has 11 heteroatoms. The highest BCUT2D eigenvalue weighted by molar-refractivity contribution is 7.57. The van der Waals surface area contributed by atoms with Crippen molar-refractivity contribution < 1.29 is 41.1 Å². The Bertz CT molecular complexity index is 687. The summed E-state index contributed by atoms with van der Waals surface area (Å²) in [4.78, 5) is 24.8. The largest absolute Gasteiger partial charge is 0.463 e. The lowest BCUT2D eigenvalue weighted by Gasteiger charge is -2.38. The molecule has 1 N–H and O–H groups in total. The van der Waals surface area contributed by atoms with E-state index in [-0.39, 0.29) is 5.56 Å². The van der Waals surface area contributed by atoms with E-state index in [1.165, 1.54) is 50.4 Å². The summed E-state index contributed by atoms with van der Waals surface area (Å²) < 4.78 is 69.5. The van der Waals surface area contributed by atoms with Gasteiger partial charge in [0.25, 0.3) is 5.91 Å². The van der Waals surface area contributed by atoms with Crippen LogP contribution in [0.2, 0.25) is 0 Å². The number of halogens is 3. The number of rotatable bonds is 9. The summed E-state index contributed by atoms with van der Waals surface area (Å²) in [7, 11) is -5.27. The van der Waals surface area contributed by atoms with E-state index in [1.807, 2.05) is 0 Å². The van der Waals surface area contributed by atoms with Crippen LogP contribution in [-0.4, -0.2) is 43.2 Å². The van der Waals surface area contributed by atoms with Crippen molar-refractivity contribution in [1.29, 1.82) is 0 Å². The van der Waals surface area contributed by atoms with Gasteiger partial charge in [-0.05, 0) is 32.9 Å². The molecule has 27 heavy (non-hydrogen) atoms. The van der Waals surface area contributed by atoms with Crippen molar-refractivity contribution in [3.05, 3.63) is 35.9 Å². The van der Waals surface area contributed by atoms with Crippen LogP contribution in [-0.2, 0) is 23.1 Å². The lowest BCUT2D eigenvalue weighted by Crippen LogP contribution is -2.64. The Kier molecular flexibility index (Phi) is 8.01. The average molecular weight is 411 g/mol. The van der Waals surface area contributed by atoms with Crippen LogP contribution in [0.25, 0.3) is 0 Å². The fourth-order valence-corrected chi connectivity index (χ4v) is 4.18. The van der Waals surface area contributed by atoms with Crippen molar-refractivity contribution in [3.63, 3.8) is 0 Å². The summed E-state index contributed by atoms with van der Waals surface area (Å²) in [5.74, 6) is -3.27. The molecule has 0 unspecified atom stereocenters. The van der Waals surface area contributed by atoms with Crippen LogP contribution in [0.5, 0.6) is 0 Å². The highest BCUT2D eigenvalue weighted by Crippen LogP contribution is 2.64. The number of carbonyl (C=O) groups is 2. The maximum absolute atomic E-state index is 14.1. The molecule has 0 radical (unpaired) electrons. The van der Waals surface area contributed by atoms with Gasteiger partial charge < -0.3 is 19.1 Å². The molecule has 0 spiro atoms. The zero-order valence-electron chi connectivity index (χ0n) is 15.0. The predicted molar refractivity (Wildman–Crippen MR) is 90.2 cm³/mol. The first-order valence-electron chi connectivity index (χ1n) is 8.10. The Labute approximate surface area is 154 Å². The van der Waals surface area contributed by atoms with Crippen molar-refractivity contribution >= 4 is 19.5 Å². The van der Waals surface area contributed by atoms with Crippen molar-refractivity contribution in [2.24, 2.45) is 0 Å². The highest BCUT2D eigenvalue weighted by atomic mass is 31.2. The Morgan fingerprint density at radius 2 is 1.52 bits per heavy atom. The summed E-state index contributed by atoms with van der Waals surface area (Å²) in [6, 6.07) is 6.84. The molecule has 0 saturated heterocycles. The molecule has 0 fully saturated rings. The van der Waals surface area contributed by atoms with E-state index in [2.05, 4.69) is 4.74 Å². The predicted octanol–water partition coefficient (Wildman–Crippen LogP) is 3.50. The van der Waals surface area contributed by atoms with Gasteiger partial charge in [-0.15, -0.1) is 0 Å². The molecule has 0 saturated carbocycles. The van der Waals surface area contributed by atoms with Gasteiger partial charge in [-0.1, -0.05) is 18.2 Å². The third-order valence-electron chi connectivity index (χ3n) is 3.32. The Morgan fingerprint density at radius 3 is 1.93 bits per heavy atom. The van der Waals surface area contributed by atoms with Gasteiger partial charge in [0.2, 0.25) is 0 Å². The molecule has 1 amide bonds. The maximum Gasteiger partial charge on any atom is 0.434 e. The summed E-state index contributed by atoms with van der Waals surface area (Å²) in [5.41, 5.74) is -0.185. The smallest absolute Gasteiger partial charge is 0.434 e. The summed E-state index contributed by atoms with van der Waals surface area (Å²) in [6.45, 7) is 2.44. The van der Waals surface area contributed by atoms with Gasteiger partial charge in [-0.25, -0.2) is 4.79 Å². The summed E-state index contributed by atoms with van der Waals surface area (Å²) in [5, 5.41) is -2.49. The lowest BCUT2D eigenvalue weighted by atomic mass is 10.2. The van der Waals surface area contributed by atoms with E-state index in [0.717, 1.165) is 0 Å². The third-order valence-corrected chi connectivity index (χ3v) is 5.89. The number of alkyl halides is 3. The molecule has 0 heterocycles. The lowest BCUT2D eigenvalue weighted by molar-refractivity contribution is -0.196. The van der Waals surface area contributed by atoms with Gasteiger partial charge in [-0.3, -0.25) is 9.36 Å². The summed E-state index contributed by atoms with van der Waals surface area (Å²) in [6.07, 6.45) is -5.54. The average Bonchev–Trinajstić information content (AvgIpc) is 2.59. The molecule has 0 aromatic heterocycles. The van der Waals surface area contributed by atoms with Crippen molar-refractivity contribution in [3.8, 4) is 0 Å². The quantitative estimate of drug-likeness (QED) is 0.494. The first-order valence-corrected chi connectivity index (χ1v) is 9.64. The zero-order chi connectivity index (χ0) is 20.7. The van der Waals surface area contributed by atoms with E-state index < -0.39 is 50.7 Å². The zero-order valence-corrected chi connectivity index (χ0v) is 15.9. The Morgan fingerprint density at radius 1 is 1.00 bits per heavy atom. The number of amides is 1. The van der Waals surface area contributed by atoms with Crippen LogP contribution in [0.3, 0.4) is 0 Å². The van der Waals surface area contributed by atoms with Gasteiger partial charge in [0, 0.05) is 5.56 Å². The topological polar surface area (TPSA) is 90.9 Å². The second-order valence-electron chi connectivity index (χ2n) is 5.08. The second-order valence-corrected chi connectivity index (χ2v) is 7.26. The Balaban J connectivity index is 3.63. The SMILES string of the molecule is CCOC(=O)[C@](NC(=O)c1ccccc1)(C(F)(F)F)P(=O)(OCC)OCC. The number of ether oxygens (including phenoxy) is 1. The van der Waals surface area contributed by atoms with E-state index >= 15 is 0 Å². The minimum Gasteiger partial charge on any atom is -0.463 e. The van der Waals surface area contributed by atoms with Crippen molar-refractivity contribution in [2.45, 2.75) is 32.2 Å². The second kappa shape index (κ2) is 9.34. The van der Waals surface area contributed by atoms with Gasteiger partial charge in [0.05, 0.1) is 19.8 Å². The molecule has 152 valence electrons. The van der Waals surface area contributed by atoms with E-state index in [9.17, 15) is 27.3 Å². The number of hydrogen-bond donors (Lipinski definition) is 1. The van der Waals surface area contributed by atoms with Crippen LogP contribution in [0.1, 0.15) is 31.1 Å². The number of nitrogens with one attached hydrogen (secondary N) is 1. The van der Waals surface area contributed by atoms with Crippen LogP contribution < -0.4 is 5.32 Å². The fourth-order valence-electron chi connectivity index (χ4n) is 2.21. The molecular formula is C16H21F3NO6P. The van der Waals surface area contributed by atoms with Crippen LogP contribution in [0, 0.1) is 0 Å². The van der Waals surface area contributed by atoms with Gasteiger partial charge in [0.1, 0.15) is 0 Å². The normalized spacial score (nSPS) is 14.3. The van der Waals surface area contributed by atoms with E-state index in [4.69, 9.17) is 9.05 Å². The van der Waals surface area contributed by atoms with Gasteiger partial charge in [0.15, 0.2) is 0 Å². The molecule has 0 aliphatic heterocycles. The third kappa shape index (κ3) is 4.69.